The van der Waals surface area contributed by atoms with E-state index in [1.54, 1.807) is 43.5 Å². The fourth-order valence-electron chi connectivity index (χ4n) is 3.87. The summed E-state index contributed by atoms with van der Waals surface area (Å²) in [5, 5.41) is 4.61. The minimum atomic E-state index is -2.91. The monoisotopic (exact) mass is 437 g/mol. The molecule has 0 N–H and O–H groups in total. The van der Waals surface area contributed by atoms with Gasteiger partial charge in [0.05, 0.1) is 23.9 Å². The van der Waals surface area contributed by atoms with Crippen molar-refractivity contribution in [3.05, 3.63) is 71.1 Å². The summed E-state index contributed by atoms with van der Waals surface area (Å²) in [4.78, 5) is 13.7. The molecule has 5 rings (SSSR count). The van der Waals surface area contributed by atoms with Gasteiger partial charge in [0.25, 0.3) is 5.56 Å². The number of alkyl halides is 2. The molecule has 1 aliphatic carbocycles. The molecule has 2 heterocycles. The standard InChI is InChI=1S/C24H21F2N3O3/c1-31-18-10-6-17(7-11-18)29-23(30)21(16-4-8-19(9-5-16)32-24(25)26)22-20(27-29)12-13-28(22)14-15-2-3-15/h4-13,15,24H,2-3,14H2,1H3. The van der Waals surface area contributed by atoms with Gasteiger partial charge in [-0.15, -0.1) is 0 Å². The Morgan fingerprint density at radius 2 is 1.72 bits per heavy atom. The number of benzene rings is 2. The number of methoxy groups -OCH3 is 1. The number of nitrogens with zero attached hydrogens (tertiary/aromatic N) is 3. The second-order valence-corrected chi connectivity index (χ2v) is 7.84. The maximum Gasteiger partial charge on any atom is 0.387 e. The van der Waals surface area contributed by atoms with Gasteiger partial charge in [-0.2, -0.15) is 18.6 Å². The summed E-state index contributed by atoms with van der Waals surface area (Å²) < 4.78 is 38.2. The molecular weight excluding hydrogens is 416 g/mol. The van der Waals surface area contributed by atoms with Crippen LogP contribution in [0.4, 0.5) is 8.78 Å². The first-order chi connectivity index (χ1) is 15.5. The highest BCUT2D eigenvalue weighted by Gasteiger charge is 2.24. The Kier molecular flexibility index (Phi) is 5.13. The molecule has 1 fully saturated rings. The van der Waals surface area contributed by atoms with Crippen molar-refractivity contribution in [3.63, 3.8) is 0 Å². The van der Waals surface area contributed by atoms with Crippen molar-refractivity contribution in [1.82, 2.24) is 14.3 Å². The van der Waals surface area contributed by atoms with Crippen molar-refractivity contribution in [3.8, 4) is 28.3 Å². The van der Waals surface area contributed by atoms with Crippen LogP contribution in [0.5, 0.6) is 11.5 Å². The van der Waals surface area contributed by atoms with Crippen molar-refractivity contribution in [2.45, 2.75) is 26.0 Å². The van der Waals surface area contributed by atoms with Gasteiger partial charge in [0.2, 0.25) is 0 Å². The van der Waals surface area contributed by atoms with Crippen LogP contribution in [0.15, 0.2) is 65.6 Å². The SMILES string of the molecule is COc1ccc(-n2nc3ccn(CC4CC4)c3c(-c3ccc(OC(F)F)cc3)c2=O)cc1. The third-order valence-electron chi connectivity index (χ3n) is 5.63. The van der Waals surface area contributed by atoms with Gasteiger partial charge in [-0.25, -0.2) is 0 Å². The first-order valence-electron chi connectivity index (χ1n) is 10.4. The fraction of sp³-hybridized carbons (Fsp3) is 0.250. The molecule has 1 saturated carbocycles. The number of fused-ring (bicyclic) bond motifs is 1. The molecule has 6 nitrogen and oxygen atoms in total. The average Bonchev–Trinajstić information content (AvgIpc) is 3.53. The maximum atomic E-state index is 13.7. The van der Waals surface area contributed by atoms with Gasteiger partial charge in [0.1, 0.15) is 17.0 Å². The van der Waals surface area contributed by atoms with Crippen LogP contribution in [0.3, 0.4) is 0 Å². The lowest BCUT2D eigenvalue weighted by Gasteiger charge is -2.13. The molecular formula is C24H21F2N3O3. The highest BCUT2D eigenvalue weighted by Crippen LogP contribution is 2.34. The van der Waals surface area contributed by atoms with Crippen LogP contribution in [0.2, 0.25) is 0 Å². The summed E-state index contributed by atoms with van der Waals surface area (Å²) in [7, 11) is 1.58. The van der Waals surface area contributed by atoms with E-state index in [-0.39, 0.29) is 11.3 Å². The van der Waals surface area contributed by atoms with Crippen LogP contribution in [-0.2, 0) is 6.54 Å². The largest absolute Gasteiger partial charge is 0.497 e. The minimum absolute atomic E-state index is 0.0397. The molecule has 4 aromatic rings. The first kappa shape index (κ1) is 20.2. The van der Waals surface area contributed by atoms with E-state index in [4.69, 9.17) is 4.74 Å². The van der Waals surface area contributed by atoms with E-state index >= 15 is 0 Å². The second kappa shape index (κ2) is 8.11. The molecule has 2 aromatic carbocycles. The van der Waals surface area contributed by atoms with Crippen molar-refractivity contribution in [2.24, 2.45) is 5.92 Å². The summed E-state index contributed by atoms with van der Waals surface area (Å²) in [6.45, 7) is -2.09. The maximum absolute atomic E-state index is 13.7. The highest BCUT2D eigenvalue weighted by molar-refractivity contribution is 5.92. The molecule has 8 heteroatoms. The normalized spacial score (nSPS) is 13.6. The minimum Gasteiger partial charge on any atom is -0.497 e. The van der Waals surface area contributed by atoms with E-state index in [0.29, 0.717) is 34.0 Å². The van der Waals surface area contributed by atoms with Gasteiger partial charge in [-0.3, -0.25) is 4.79 Å². The van der Waals surface area contributed by atoms with E-state index in [2.05, 4.69) is 14.4 Å². The molecule has 0 saturated heterocycles. The van der Waals surface area contributed by atoms with Crippen LogP contribution in [-0.4, -0.2) is 28.1 Å². The van der Waals surface area contributed by atoms with Gasteiger partial charge in [-0.1, -0.05) is 12.1 Å². The van der Waals surface area contributed by atoms with Gasteiger partial charge in [-0.05, 0) is 66.8 Å². The fourth-order valence-corrected chi connectivity index (χ4v) is 3.87. The van der Waals surface area contributed by atoms with E-state index in [1.807, 2.05) is 12.3 Å². The molecule has 0 atom stereocenters. The number of ether oxygens (including phenoxy) is 2. The quantitative estimate of drug-likeness (QED) is 0.414. The van der Waals surface area contributed by atoms with Crippen molar-refractivity contribution >= 4 is 11.0 Å². The molecule has 32 heavy (non-hydrogen) atoms. The number of hydrogen-bond donors (Lipinski definition) is 0. The zero-order valence-electron chi connectivity index (χ0n) is 17.4. The summed E-state index contributed by atoms with van der Waals surface area (Å²) in [5.74, 6) is 1.32. The zero-order chi connectivity index (χ0) is 22.2. The predicted octanol–water partition coefficient (Wildman–Crippen LogP) is 4.87. The Labute approximate surface area is 182 Å². The zero-order valence-corrected chi connectivity index (χ0v) is 17.4. The molecule has 0 radical (unpaired) electrons. The lowest BCUT2D eigenvalue weighted by molar-refractivity contribution is -0.0498. The van der Waals surface area contributed by atoms with E-state index in [9.17, 15) is 13.6 Å². The molecule has 0 aliphatic heterocycles. The molecule has 2 aromatic heterocycles. The van der Waals surface area contributed by atoms with Gasteiger partial charge >= 0.3 is 6.61 Å². The molecule has 1 aliphatic rings. The summed E-state index contributed by atoms with van der Waals surface area (Å²) >= 11 is 0. The second-order valence-electron chi connectivity index (χ2n) is 7.84. The average molecular weight is 437 g/mol. The predicted molar refractivity (Wildman–Crippen MR) is 117 cm³/mol. The highest BCUT2D eigenvalue weighted by atomic mass is 19.3. The molecule has 0 spiro atoms. The van der Waals surface area contributed by atoms with Gasteiger partial charge in [0, 0.05) is 12.7 Å². The third-order valence-corrected chi connectivity index (χ3v) is 5.63. The van der Waals surface area contributed by atoms with Crippen LogP contribution in [0.1, 0.15) is 12.8 Å². The number of hydrogen-bond acceptors (Lipinski definition) is 4. The van der Waals surface area contributed by atoms with E-state index < -0.39 is 6.61 Å². The van der Waals surface area contributed by atoms with Crippen LogP contribution < -0.4 is 15.0 Å². The number of rotatable bonds is 7. The Hall–Kier alpha value is -3.68. The van der Waals surface area contributed by atoms with Crippen LogP contribution >= 0.6 is 0 Å². The number of halogens is 2. The van der Waals surface area contributed by atoms with Crippen molar-refractivity contribution < 1.29 is 18.3 Å². The van der Waals surface area contributed by atoms with E-state index in [0.717, 1.165) is 12.1 Å². The molecule has 164 valence electrons. The van der Waals surface area contributed by atoms with Gasteiger partial charge in [0.15, 0.2) is 0 Å². The van der Waals surface area contributed by atoms with Crippen LogP contribution in [0, 0.1) is 5.92 Å². The Bertz CT molecular complexity index is 1310. The smallest absolute Gasteiger partial charge is 0.387 e. The van der Waals surface area contributed by atoms with Crippen molar-refractivity contribution in [1.29, 1.82) is 0 Å². The van der Waals surface area contributed by atoms with E-state index in [1.165, 1.54) is 29.7 Å². The molecule has 0 amide bonds. The lowest BCUT2D eigenvalue weighted by Crippen LogP contribution is -2.23. The summed E-state index contributed by atoms with van der Waals surface area (Å²) in [5.41, 5.74) is 2.83. The number of aromatic nitrogens is 3. The summed E-state index contributed by atoms with van der Waals surface area (Å²) in [6, 6.07) is 15.1. The van der Waals surface area contributed by atoms with Gasteiger partial charge < -0.3 is 14.0 Å². The Morgan fingerprint density at radius 1 is 1.03 bits per heavy atom. The molecule has 0 bridgehead atoms. The van der Waals surface area contributed by atoms with Crippen molar-refractivity contribution in [2.75, 3.05) is 7.11 Å². The summed E-state index contributed by atoms with van der Waals surface area (Å²) in [6.07, 6.45) is 4.29. The third kappa shape index (κ3) is 3.84. The Balaban J connectivity index is 1.69. The lowest BCUT2D eigenvalue weighted by atomic mass is 10.1. The topological polar surface area (TPSA) is 58.3 Å². The molecule has 0 unspecified atom stereocenters. The Morgan fingerprint density at radius 3 is 2.34 bits per heavy atom. The first-order valence-corrected chi connectivity index (χ1v) is 10.4. The van der Waals surface area contributed by atoms with Crippen LogP contribution in [0.25, 0.3) is 27.8 Å².